The van der Waals surface area contributed by atoms with Crippen LogP contribution in [0.25, 0.3) is 22.2 Å². The van der Waals surface area contributed by atoms with Gasteiger partial charge in [0.1, 0.15) is 17.2 Å². The first kappa shape index (κ1) is 21.7. The second-order valence-electron chi connectivity index (χ2n) is 8.85. The fourth-order valence-electron chi connectivity index (χ4n) is 3.81. The van der Waals surface area contributed by atoms with Gasteiger partial charge in [-0.1, -0.05) is 0 Å². The molecule has 2 fully saturated rings. The number of carbonyl (C=O) groups is 1. The summed E-state index contributed by atoms with van der Waals surface area (Å²) in [4.78, 5) is 26.8. The molecule has 0 spiro atoms. The second-order valence-corrected chi connectivity index (χ2v) is 8.85. The zero-order chi connectivity index (χ0) is 22.9. The van der Waals surface area contributed by atoms with Crippen LogP contribution in [0.1, 0.15) is 19.3 Å². The zero-order valence-corrected chi connectivity index (χ0v) is 19.1. The van der Waals surface area contributed by atoms with E-state index in [2.05, 4.69) is 25.2 Å². The molecule has 2 aliphatic carbocycles. The Morgan fingerprint density at radius 2 is 2.12 bits per heavy atom. The molecule has 9 nitrogen and oxygen atoms in total. The Kier molecular flexibility index (Phi) is 5.90. The number of ether oxygens (including phenoxy) is 3. The second kappa shape index (κ2) is 8.99. The number of aromatic amines is 1. The fraction of sp³-hybridized carbons (Fsp3) is 0.458. The summed E-state index contributed by atoms with van der Waals surface area (Å²) in [5, 5.41) is 3.82. The van der Waals surface area contributed by atoms with Crippen LogP contribution in [0.2, 0.25) is 0 Å². The molecule has 174 valence electrons. The standard InChI is InChI=1S/C24H29N5O4/c1-29(2)10-11-32-19-12-16(19)23(30)28-20-7-6-15-17(13-26-22(15)27-20)21-18(33-14-4-5-14)8-9-25-24(21)31-3/h6-9,13-14,16,19H,4-5,10-12H2,1-3H3,(H2,26,27,28,30)/t16-,19-/m1/s1. The van der Waals surface area contributed by atoms with Crippen molar-refractivity contribution < 1.29 is 19.0 Å². The van der Waals surface area contributed by atoms with Gasteiger partial charge in [0.25, 0.3) is 0 Å². The summed E-state index contributed by atoms with van der Waals surface area (Å²) < 4.78 is 17.4. The third-order valence-electron chi connectivity index (χ3n) is 5.89. The van der Waals surface area contributed by atoms with E-state index in [0.717, 1.165) is 48.1 Å². The molecule has 3 aromatic heterocycles. The molecule has 2 atom stereocenters. The molecule has 2 saturated carbocycles. The quantitative estimate of drug-likeness (QED) is 0.488. The fourth-order valence-corrected chi connectivity index (χ4v) is 3.81. The van der Waals surface area contributed by atoms with E-state index in [1.54, 1.807) is 13.3 Å². The van der Waals surface area contributed by atoms with Gasteiger partial charge in [-0.05, 0) is 51.6 Å². The van der Waals surface area contributed by atoms with Crippen LogP contribution in [0.5, 0.6) is 11.6 Å². The largest absolute Gasteiger partial charge is 0.490 e. The number of likely N-dealkylation sites (N-methyl/N-ethyl adjacent to an activating group) is 1. The van der Waals surface area contributed by atoms with E-state index in [1.165, 1.54) is 0 Å². The van der Waals surface area contributed by atoms with Crippen LogP contribution in [-0.4, -0.2) is 72.3 Å². The van der Waals surface area contributed by atoms with Gasteiger partial charge >= 0.3 is 0 Å². The summed E-state index contributed by atoms with van der Waals surface area (Å²) in [6.45, 7) is 1.47. The molecule has 2 aliphatic rings. The Labute approximate surface area is 192 Å². The molecule has 3 heterocycles. The first-order valence-electron chi connectivity index (χ1n) is 11.3. The van der Waals surface area contributed by atoms with Gasteiger partial charge in [-0.15, -0.1) is 0 Å². The van der Waals surface area contributed by atoms with Crippen molar-refractivity contribution in [1.82, 2.24) is 19.9 Å². The highest BCUT2D eigenvalue weighted by Crippen LogP contribution is 2.42. The summed E-state index contributed by atoms with van der Waals surface area (Å²) in [6.07, 6.45) is 6.68. The molecule has 1 amide bonds. The van der Waals surface area contributed by atoms with Crippen LogP contribution >= 0.6 is 0 Å². The van der Waals surface area contributed by atoms with Gasteiger partial charge in [0, 0.05) is 29.9 Å². The minimum atomic E-state index is -0.120. The predicted molar refractivity (Wildman–Crippen MR) is 125 cm³/mol. The molecule has 0 saturated heterocycles. The van der Waals surface area contributed by atoms with Gasteiger partial charge < -0.3 is 29.4 Å². The molecule has 0 aliphatic heterocycles. The number of pyridine rings is 2. The average molecular weight is 452 g/mol. The number of hydrogen-bond donors (Lipinski definition) is 2. The van der Waals surface area contributed by atoms with E-state index in [0.29, 0.717) is 24.0 Å². The van der Waals surface area contributed by atoms with E-state index in [-0.39, 0.29) is 24.0 Å². The van der Waals surface area contributed by atoms with Crippen LogP contribution in [0, 0.1) is 5.92 Å². The number of fused-ring (bicyclic) bond motifs is 1. The molecule has 0 aromatic carbocycles. The van der Waals surface area contributed by atoms with Crippen molar-refractivity contribution >= 4 is 22.8 Å². The van der Waals surface area contributed by atoms with Crippen molar-refractivity contribution in [2.75, 3.05) is 39.7 Å². The number of aromatic nitrogens is 3. The lowest BCUT2D eigenvalue weighted by Crippen LogP contribution is -2.21. The van der Waals surface area contributed by atoms with E-state index >= 15 is 0 Å². The minimum Gasteiger partial charge on any atom is -0.490 e. The normalized spacial score (nSPS) is 19.6. The van der Waals surface area contributed by atoms with Gasteiger partial charge in [0.05, 0.1) is 37.4 Å². The summed E-state index contributed by atoms with van der Waals surface area (Å²) in [7, 11) is 5.60. The number of hydrogen-bond acceptors (Lipinski definition) is 7. The minimum absolute atomic E-state index is 0.00583. The van der Waals surface area contributed by atoms with Crippen molar-refractivity contribution in [2.24, 2.45) is 5.92 Å². The first-order chi connectivity index (χ1) is 16.0. The summed E-state index contributed by atoms with van der Waals surface area (Å²) in [6, 6.07) is 5.62. The number of H-pyrrole nitrogens is 1. The number of methoxy groups -OCH3 is 1. The molecule has 0 bridgehead atoms. The van der Waals surface area contributed by atoms with Crippen LogP contribution in [0.4, 0.5) is 5.82 Å². The van der Waals surface area contributed by atoms with Crippen molar-refractivity contribution in [2.45, 2.75) is 31.5 Å². The number of anilines is 1. The Hall–Kier alpha value is -3.17. The molecule has 9 heteroatoms. The van der Waals surface area contributed by atoms with Crippen molar-refractivity contribution in [3.05, 3.63) is 30.6 Å². The smallest absolute Gasteiger partial charge is 0.231 e. The predicted octanol–water partition coefficient (Wildman–Crippen LogP) is 3.08. The Balaban J connectivity index is 1.32. The molecular formula is C24H29N5O4. The van der Waals surface area contributed by atoms with Gasteiger partial charge in [0.2, 0.25) is 11.8 Å². The average Bonchev–Trinajstić information content (AvgIpc) is 3.72. The van der Waals surface area contributed by atoms with E-state index in [1.807, 2.05) is 38.5 Å². The first-order valence-corrected chi connectivity index (χ1v) is 11.3. The topological polar surface area (TPSA) is 102 Å². The summed E-state index contributed by atoms with van der Waals surface area (Å²) in [5.41, 5.74) is 2.36. The van der Waals surface area contributed by atoms with Crippen LogP contribution < -0.4 is 14.8 Å². The van der Waals surface area contributed by atoms with Crippen molar-refractivity contribution in [1.29, 1.82) is 0 Å². The maximum Gasteiger partial charge on any atom is 0.231 e. The maximum absolute atomic E-state index is 12.6. The molecule has 2 N–H and O–H groups in total. The molecule has 0 radical (unpaired) electrons. The molecule has 0 unspecified atom stereocenters. The van der Waals surface area contributed by atoms with Gasteiger partial charge in [-0.25, -0.2) is 9.97 Å². The number of nitrogens with zero attached hydrogens (tertiary/aromatic N) is 3. The lowest BCUT2D eigenvalue weighted by atomic mass is 10.1. The Morgan fingerprint density at radius 3 is 2.88 bits per heavy atom. The monoisotopic (exact) mass is 451 g/mol. The Bertz CT molecular complexity index is 1160. The van der Waals surface area contributed by atoms with Gasteiger partial charge in [-0.3, -0.25) is 4.79 Å². The molecular weight excluding hydrogens is 422 g/mol. The van der Waals surface area contributed by atoms with Gasteiger partial charge in [0.15, 0.2) is 0 Å². The third-order valence-corrected chi connectivity index (χ3v) is 5.89. The van der Waals surface area contributed by atoms with Crippen LogP contribution in [-0.2, 0) is 9.53 Å². The lowest BCUT2D eigenvalue weighted by molar-refractivity contribution is -0.118. The third kappa shape index (κ3) is 4.79. The highest BCUT2D eigenvalue weighted by Gasteiger charge is 2.44. The highest BCUT2D eigenvalue weighted by molar-refractivity contribution is 5.99. The molecule has 33 heavy (non-hydrogen) atoms. The Morgan fingerprint density at radius 1 is 1.27 bits per heavy atom. The van der Waals surface area contributed by atoms with Gasteiger partial charge in [-0.2, -0.15) is 0 Å². The van der Waals surface area contributed by atoms with Crippen molar-refractivity contribution in [3.63, 3.8) is 0 Å². The SMILES string of the molecule is COc1nccc(OC2CC2)c1-c1c[nH]c2nc(NC(=O)[C@@H]3C[C@H]3OCCN(C)C)ccc12. The number of amides is 1. The summed E-state index contributed by atoms with van der Waals surface area (Å²) in [5.74, 6) is 1.58. The van der Waals surface area contributed by atoms with E-state index < -0.39 is 0 Å². The summed E-state index contributed by atoms with van der Waals surface area (Å²) >= 11 is 0. The highest BCUT2D eigenvalue weighted by atomic mass is 16.5. The van der Waals surface area contributed by atoms with E-state index in [9.17, 15) is 4.79 Å². The maximum atomic E-state index is 12.6. The molecule has 3 aromatic rings. The zero-order valence-electron chi connectivity index (χ0n) is 19.1. The van der Waals surface area contributed by atoms with E-state index in [4.69, 9.17) is 14.2 Å². The molecule has 5 rings (SSSR count). The number of carbonyl (C=O) groups excluding carboxylic acids is 1. The van der Waals surface area contributed by atoms with Crippen LogP contribution in [0.3, 0.4) is 0 Å². The number of nitrogens with one attached hydrogen (secondary N) is 2. The number of rotatable bonds is 10. The van der Waals surface area contributed by atoms with Crippen molar-refractivity contribution in [3.8, 4) is 22.8 Å². The van der Waals surface area contributed by atoms with Crippen LogP contribution in [0.15, 0.2) is 30.6 Å². The lowest BCUT2D eigenvalue weighted by Gasteiger charge is -2.13.